The summed E-state index contributed by atoms with van der Waals surface area (Å²) >= 11 is 3.46. The molecule has 2 aromatic rings. The normalized spacial score (nSPS) is 12.9. The quantitative estimate of drug-likeness (QED) is 0.910. The molecular weight excluding hydrogens is 320 g/mol. The summed E-state index contributed by atoms with van der Waals surface area (Å²) in [7, 11) is 1.95. The first kappa shape index (κ1) is 15.3. The molecule has 0 radical (unpaired) electrons. The molecule has 0 amide bonds. The molecular formula is C14H21BrN4O. The zero-order chi connectivity index (χ0) is 14.9. The lowest BCUT2D eigenvalue weighted by Gasteiger charge is -2.13. The highest BCUT2D eigenvalue weighted by atomic mass is 79.9. The van der Waals surface area contributed by atoms with E-state index in [2.05, 4.69) is 33.1 Å². The lowest BCUT2D eigenvalue weighted by molar-refractivity contribution is 0.156. The van der Waals surface area contributed by atoms with Gasteiger partial charge in [-0.05, 0) is 55.1 Å². The first-order valence-corrected chi connectivity index (χ1v) is 7.63. The smallest absolute Gasteiger partial charge is 0.0971 e. The van der Waals surface area contributed by atoms with E-state index in [0.29, 0.717) is 6.42 Å². The van der Waals surface area contributed by atoms with Gasteiger partial charge in [0, 0.05) is 19.3 Å². The summed E-state index contributed by atoms with van der Waals surface area (Å²) in [5.74, 6) is 0. The SMILES string of the molecule is CCn1ncc(Br)c1C(O)CCc1c(C)nn(C)c1C. The Morgan fingerprint density at radius 1 is 1.40 bits per heavy atom. The van der Waals surface area contributed by atoms with Crippen LogP contribution in [0.25, 0.3) is 0 Å². The molecule has 0 aromatic carbocycles. The Kier molecular flexibility index (Phi) is 4.65. The molecule has 6 heteroatoms. The molecule has 1 N–H and O–H groups in total. The van der Waals surface area contributed by atoms with Crippen LogP contribution < -0.4 is 0 Å². The Hall–Kier alpha value is -1.14. The Labute approximate surface area is 127 Å². The highest BCUT2D eigenvalue weighted by Gasteiger charge is 2.18. The number of aliphatic hydroxyl groups is 1. The summed E-state index contributed by atoms with van der Waals surface area (Å²) in [5.41, 5.74) is 4.29. The van der Waals surface area contributed by atoms with E-state index in [-0.39, 0.29) is 0 Å². The second-order valence-corrected chi connectivity index (χ2v) is 5.88. The minimum Gasteiger partial charge on any atom is -0.387 e. The minimum absolute atomic E-state index is 0.522. The first-order valence-electron chi connectivity index (χ1n) is 6.84. The monoisotopic (exact) mass is 340 g/mol. The number of nitrogens with zero attached hydrogens (tertiary/aromatic N) is 4. The van der Waals surface area contributed by atoms with Crippen molar-refractivity contribution in [3.8, 4) is 0 Å². The van der Waals surface area contributed by atoms with E-state index < -0.39 is 6.10 Å². The van der Waals surface area contributed by atoms with Gasteiger partial charge in [0.15, 0.2) is 0 Å². The van der Waals surface area contributed by atoms with Crippen LogP contribution in [0, 0.1) is 13.8 Å². The highest BCUT2D eigenvalue weighted by molar-refractivity contribution is 9.10. The second kappa shape index (κ2) is 6.10. The lowest BCUT2D eigenvalue weighted by Crippen LogP contribution is -2.09. The third-order valence-corrected chi connectivity index (χ3v) is 4.39. The van der Waals surface area contributed by atoms with E-state index in [0.717, 1.165) is 34.5 Å². The van der Waals surface area contributed by atoms with Crippen LogP contribution in [0.2, 0.25) is 0 Å². The molecule has 2 heterocycles. The van der Waals surface area contributed by atoms with Gasteiger partial charge in [0.25, 0.3) is 0 Å². The van der Waals surface area contributed by atoms with Gasteiger partial charge in [-0.3, -0.25) is 9.36 Å². The standard InChI is InChI=1S/C14H21BrN4O/c1-5-19-14(12(15)8-16-19)13(20)7-6-11-9(2)17-18(4)10(11)3/h8,13,20H,5-7H2,1-4H3. The fourth-order valence-corrected chi connectivity index (χ4v) is 3.11. The number of aromatic nitrogens is 4. The first-order chi connectivity index (χ1) is 9.45. The number of halogens is 1. The number of hydrogen-bond acceptors (Lipinski definition) is 3. The van der Waals surface area contributed by atoms with Crippen molar-refractivity contribution in [3.63, 3.8) is 0 Å². The van der Waals surface area contributed by atoms with E-state index in [9.17, 15) is 5.11 Å². The molecule has 0 saturated heterocycles. The maximum absolute atomic E-state index is 10.4. The van der Waals surface area contributed by atoms with Gasteiger partial charge in [-0.2, -0.15) is 10.2 Å². The van der Waals surface area contributed by atoms with Crippen LogP contribution in [0.3, 0.4) is 0 Å². The van der Waals surface area contributed by atoms with E-state index in [4.69, 9.17) is 0 Å². The predicted octanol–water partition coefficient (Wildman–Crippen LogP) is 2.68. The van der Waals surface area contributed by atoms with Crippen LogP contribution in [0.15, 0.2) is 10.7 Å². The van der Waals surface area contributed by atoms with Crippen molar-refractivity contribution in [1.82, 2.24) is 19.6 Å². The van der Waals surface area contributed by atoms with Crippen molar-refractivity contribution in [3.05, 3.63) is 33.3 Å². The van der Waals surface area contributed by atoms with E-state index in [1.54, 1.807) is 6.20 Å². The van der Waals surface area contributed by atoms with Crippen LogP contribution >= 0.6 is 15.9 Å². The molecule has 0 aliphatic rings. The minimum atomic E-state index is -0.522. The van der Waals surface area contributed by atoms with Crippen molar-refractivity contribution in [1.29, 1.82) is 0 Å². The Balaban J connectivity index is 2.12. The molecule has 0 bridgehead atoms. The molecule has 0 saturated carbocycles. The fraction of sp³-hybridized carbons (Fsp3) is 0.571. The van der Waals surface area contributed by atoms with E-state index in [1.165, 1.54) is 5.56 Å². The topological polar surface area (TPSA) is 55.9 Å². The third kappa shape index (κ3) is 2.81. The molecule has 110 valence electrons. The van der Waals surface area contributed by atoms with Gasteiger partial charge in [0.1, 0.15) is 0 Å². The molecule has 0 aliphatic heterocycles. The van der Waals surface area contributed by atoms with Gasteiger partial charge < -0.3 is 5.11 Å². The Morgan fingerprint density at radius 3 is 2.65 bits per heavy atom. The summed E-state index contributed by atoms with van der Waals surface area (Å²) in [6.07, 6.45) is 2.69. The number of rotatable bonds is 5. The van der Waals surface area contributed by atoms with Gasteiger partial charge in [-0.25, -0.2) is 0 Å². The zero-order valence-corrected chi connectivity index (χ0v) is 14.0. The van der Waals surface area contributed by atoms with Gasteiger partial charge in [-0.15, -0.1) is 0 Å². The molecule has 2 aromatic heterocycles. The molecule has 2 rings (SSSR count). The molecule has 5 nitrogen and oxygen atoms in total. The molecule has 20 heavy (non-hydrogen) atoms. The molecule has 0 aliphatic carbocycles. The van der Waals surface area contributed by atoms with E-state index in [1.807, 2.05) is 30.3 Å². The van der Waals surface area contributed by atoms with Crippen molar-refractivity contribution in [2.45, 2.75) is 46.3 Å². The van der Waals surface area contributed by atoms with Gasteiger partial charge in [0.05, 0.1) is 28.2 Å². The van der Waals surface area contributed by atoms with Gasteiger partial charge in [-0.1, -0.05) is 0 Å². The maximum atomic E-state index is 10.4. The third-order valence-electron chi connectivity index (χ3n) is 3.78. The van der Waals surface area contributed by atoms with Crippen molar-refractivity contribution in [2.24, 2.45) is 7.05 Å². The Bertz CT molecular complexity index is 603. The van der Waals surface area contributed by atoms with Crippen molar-refractivity contribution in [2.75, 3.05) is 0 Å². The van der Waals surface area contributed by atoms with Crippen molar-refractivity contribution < 1.29 is 5.11 Å². The summed E-state index contributed by atoms with van der Waals surface area (Å²) in [4.78, 5) is 0. The van der Waals surface area contributed by atoms with Crippen LogP contribution in [0.5, 0.6) is 0 Å². The molecule has 0 fully saturated rings. The average molecular weight is 341 g/mol. The molecule has 1 unspecified atom stereocenters. The number of aliphatic hydroxyl groups excluding tert-OH is 1. The Morgan fingerprint density at radius 2 is 2.10 bits per heavy atom. The summed E-state index contributed by atoms with van der Waals surface area (Å²) in [6.45, 7) is 6.85. The zero-order valence-electron chi connectivity index (χ0n) is 12.4. The van der Waals surface area contributed by atoms with Crippen LogP contribution in [-0.4, -0.2) is 24.7 Å². The summed E-state index contributed by atoms with van der Waals surface area (Å²) in [6, 6.07) is 0. The molecule has 0 spiro atoms. The largest absolute Gasteiger partial charge is 0.387 e. The average Bonchev–Trinajstić information content (AvgIpc) is 2.89. The van der Waals surface area contributed by atoms with E-state index >= 15 is 0 Å². The van der Waals surface area contributed by atoms with Gasteiger partial charge >= 0.3 is 0 Å². The molecule has 1 atom stereocenters. The fourth-order valence-electron chi connectivity index (χ4n) is 2.55. The highest BCUT2D eigenvalue weighted by Crippen LogP contribution is 2.27. The number of aryl methyl sites for hydroxylation is 3. The second-order valence-electron chi connectivity index (χ2n) is 5.02. The lowest BCUT2D eigenvalue weighted by atomic mass is 10.0. The van der Waals surface area contributed by atoms with Crippen LogP contribution in [-0.2, 0) is 20.0 Å². The maximum Gasteiger partial charge on any atom is 0.0971 e. The van der Waals surface area contributed by atoms with Crippen LogP contribution in [0.1, 0.15) is 42.1 Å². The predicted molar refractivity (Wildman–Crippen MR) is 81.6 cm³/mol. The summed E-state index contributed by atoms with van der Waals surface area (Å²) < 4.78 is 4.59. The van der Waals surface area contributed by atoms with Gasteiger partial charge in [0.2, 0.25) is 0 Å². The van der Waals surface area contributed by atoms with Crippen LogP contribution in [0.4, 0.5) is 0 Å². The summed E-state index contributed by atoms with van der Waals surface area (Å²) in [5, 5.41) is 19.1. The van der Waals surface area contributed by atoms with Crippen molar-refractivity contribution >= 4 is 15.9 Å². The number of hydrogen-bond donors (Lipinski definition) is 1.